The predicted octanol–water partition coefficient (Wildman–Crippen LogP) is 1.03. The van der Waals surface area contributed by atoms with Crippen molar-refractivity contribution in [3.8, 4) is 0 Å². The van der Waals surface area contributed by atoms with Gasteiger partial charge in [0, 0.05) is 18.4 Å². The minimum atomic E-state index is 0.583. The first kappa shape index (κ1) is 6.58. The molecule has 58 valence electrons. The topological polar surface area (TPSA) is 34.9 Å². The van der Waals surface area contributed by atoms with Crippen molar-refractivity contribution in [2.45, 2.75) is 25.8 Å². The van der Waals surface area contributed by atoms with Crippen LogP contribution in [0.2, 0.25) is 0 Å². The van der Waals surface area contributed by atoms with Gasteiger partial charge in [-0.05, 0) is 19.3 Å². The first-order valence-electron chi connectivity index (χ1n) is 3.91. The Bertz CT molecular complexity index is 278. The van der Waals surface area contributed by atoms with Crippen LogP contribution in [0.15, 0.2) is 6.20 Å². The molecule has 0 aliphatic carbocycles. The number of aldehydes is 1. The molecule has 0 atom stereocenters. The van der Waals surface area contributed by atoms with Crippen molar-refractivity contribution in [2.75, 3.05) is 0 Å². The van der Waals surface area contributed by atoms with E-state index < -0.39 is 0 Å². The Morgan fingerprint density at radius 1 is 1.55 bits per heavy atom. The summed E-state index contributed by atoms with van der Waals surface area (Å²) in [5.74, 6) is 0.583. The normalized spacial score (nSPS) is 16.0. The van der Waals surface area contributed by atoms with Crippen LogP contribution in [0.25, 0.3) is 0 Å². The number of rotatable bonds is 1. The van der Waals surface area contributed by atoms with E-state index in [2.05, 4.69) is 4.98 Å². The summed E-state index contributed by atoms with van der Waals surface area (Å²) in [6.45, 7) is 0.962. The molecule has 0 N–H and O–H groups in total. The molecule has 0 fully saturated rings. The van der Waals surface area contributed by atoms with Crippen molar-refractivity contribution in [1.82, 2.24) is 9.55 Å². The first-order valence-corrected chi connectivity index (χ1v) is 3.91. The smallest absolute Gasteiger partial charge is 0.185 e. The highest BCUT2D eigenvalue weighted by molar-refractivity contribution is 5.69. The van der Waals surface area contributed by atoms with Crippen LogP contribution in [0.3, 0.4) is 0 Å². The summed E-state index contributed by atoms with van der Waals surface area (Å²) in [5.41, 5.74) is 1.21. The van der Waals surface area contributed by atoms with Crippen LogP contribution in [0.4, 0.5) is 0 Å². The number of hydrogen-bond acceptors (Lipinski definition) is 2. The third-order valence-electron chi connectivity index (χ3n) is 2.14. The van der Waals surface area contributed by atoms with Crippen LogP contribution in [0.5, 0.6) is 0 Å². The maximum absolute atomic E-state index is 10.5. The molecule has 0 spiro atoms. The molecule has 11 heavy (non-hydrogen) atoms. The highest BCUT2D eigenvalue weighted by Gasteiger charge is 2.12. The minimum absolute atomic E-state index is 0.583. The Kier molecular flexibility index (Phi) is 1.49. The lowest BCUT2D eigenvalue weighted by molar-refractivity contribution is 0.111. The molecule has 2 rings (SSSR count). The van der Waals surface area contributed by atoms with Gasteiger partial charge in [0.1, 0.15) is 0 Å². The van der Waals surface area contributed by atoms with E-state index >= 15 is 0 Å². The van der Waals surface area contributed by atoms with E-state index in [1.807, 2.05) is 10.8 Å². The number of aryl methyl sites for hydroxylation is 1. The van der Waals surface area contributed by atoms with Crippen LogP contribution >= 0.6 is 0 Å². The largest absolute Gasteiger partial charge is 0.326 e. The summed E-state index contributed by atoms with van der Waals surface area (Å²) < 4.78 is 2.01. The Hall–Kier alpha value is -1.12. The fourth-order valence-corrected chi connectivity index (χ4v) is 1.55. The first-order chi connectivity index (χ1) is 5.42. The second-order valence-corrected chi connectivity index (χ2v) is 2.83. The van der Waals surface area contributed by atoms with Gasteiger partial charge >= 0.3 is 0 Å². The second-order valence-electron chi connectivity index (χ2n) is 2.83. The molecule has 1 aromatic rings. The quantitative estimate of drug-likeness (QED) is 0.560. The van der Waals surface area contributed by atoms with E-state index in [9.17, 15) is 4.79 Å². The fraction of sp³-hybridized carbons (Fsp3) is 0.500. The number of aromatic nitrogens is 2. The van der Waals surface area contributed by atoms with Crippen molar-refractivity contribution in [2.24, 2.45) is 0 Å². The molecule has 1 aliphatic heterocycles. The Morgan fingerprint density at radius 3 is 3.27 bits per heavy atom. The van der Waals surface area contributed by atoms with Crippen molar-refractivity contribution >= 4 is 6.29 Å². The van der Waals surface area contributed by atoms with Gasteiger partial charge in [0.2, 0.25) is 0 Å². The molecule has 0 radical (unpaired) electrons. The molecule has 0 saturated carbocycles. The highest BCUT2D eigenvalue weighted by atomic mass is 16.1. The lowest BCUT2D eigenvalue weighted by Gasteiger charge is -2.14. The van der Waals surface area contributed by atoms with Gasteiger partial charge in [-0.25, -0.2) is 4.98 Å². The molecule has 0 bridgehead atoms. The molecular weight excluding hydrogens is 140 g/mol. The third kappa shape index (κ3) is 0.964. The van der Waals surface area contributed by atoms with Crippen LogP contribution in [0, 0.1) is 0 Å². The molecule has 0 amide bonds. The lowest BCUT2D eigenvalue weighted by atomic mass is 10.1. The van der Waals surface area contributed by atoms with E-state index in [1.165, 1.54) is 18.5 Å². The Labute approximate surface area is 65.1 Å². The summed E-state index contributed by atoms with van der Waals surface area (Å²) in [4.78, 5) is 14.5. The minimum Gasteiger partial charge on any atom is -0.326 e. The molecule has 0 unspecified atom stereocenters. The monoisotopic (exact) mass is 150 g/mol. The number of nitrogens with zero attached hydrogens (tertiary/aromatic N) is 2. The molecule has 1 aromatic heterocycles. The van der Waals surface area contributed by atoms with Gasteiger partial charge in [-0.1, -0.05) is 0 Å². The summed E-state index contributed by atoms with van der Waals surface area (Å²) in [6, 6.07) is 0. The van der Waals surface area contributed by atoms with Crippen LogP contribution in [-0.4, -0.2) is 15.8 Å². The van der Waals surface area contributed by atoms with E-state index in [0.717, 1.165) is 19.3 Å². The van der Waals surface area contributed by atoms with Crippen LogP contribution in [-0.2, 0) is 13.0 Å². The average Bonchev–Trinajstić information content (AvgIpc) is 2.47. The second kappa shape index (κ2) is 2.49. The van der Waals surface area contributed by atoms with Crippen molar-refractivity contribution in [1.29, 1.82) is 0 Å². The predicted molar refractivity (Wildman–Crippen MR) is 40.6 cm³/mol. The number of imidazole rings is 1. The Morgan fingerprint density at radius 2 is 2.45 bits per heavy atom. The maximum atomic E-state index is 10.5. The number of hydrogen-bond donors (Lipinski definition) is 0. The van der Waals surface area contributed by atoms with E-state index in [4.69, 9.17) is 0 Å². The lowest BCUT2D eigenvalue weighted by Crippen LogP contribution is -2.11. The van der Waals surface area contributed by atoms with Gasteiger partial charge in [-0.2, -0.15) is 0 Å². The third-order valence-corrected chi connectivity index (χ3v) is 2.14. The summed E-state index contributed by atoms with van der Waals surface area (Å²) in [6.07, 6.45) is 6.10. The molecule has 0 aromatic carbocycles. The molecule has 3 heteroatoms. The van der Waals surface area contributed by atoms with Gasteiger partial charge in [0.05, 0.1) is 0 Å². The summed E-state index contributed by atoms with van der Waals surface area (Å²) in [7, 11) is 0. The van der Waals surface area contributed by atoms with Crippen LogP contribution < -0.4 is 0 Å². The molecule has 0 saturated heterocycles. The standard InChI is InChI=1S/C8H10N2O/c11-6-8-9-5-7-3-1-2-4-10(7)8/h5-6H,1-4H2. The molecule has 2 heterocycles. The van der Waals surface area contributed by atoms with Gasteiger partial charge in [0.25, 0.3) is 0 Å². The van der Waals surface area contributed by atoms with E-state index in [1.54, 1.807) is 0 Å². The van der Waals surface area contributed by atoms with Gasteiger partial charge in [-0.15, -0.1) is 0 Å². The number of carbonyl (C=O) groups excluding carboxylic acids is 1. The van der Waals surface area contributed by atoms with Gasteiger partial charge in [-0.3, -0.25) is 4.79 Å². The zero-order valence-corrected chi connectivity index (χ0v) is 6.29. The maximum Gasteiger partial charge on any atom is 0.185 e. The summed E-state index contributed by atoms with van der Waals surface area (Å²) >= 11 is 0. The van der Waals surface area contributed by atoms with Crippen molar-refractivity contribution < 1.29 is 4.79 Å². The van der Waals surface area contributed by atoms with E-state index in [0.29, 0.717) is 5.82 Å². The molecular formula is C8H10N2O. The van der Waals surface area contributed by atoms with Gasteiger partial charge in [0.15, 0.2) is 12.1 Å². The average molecular weight is 150 g/mol. The zero-order chi connectivity index (χ0) is 7.68. The zero-order valence-electron chi connectivity index (χ0n) is 6.29. The highest BCUT2D eigenvalue weighted by Crippen LogP contribution is 2.14. The summed E-state index contributed by atoms with van der Waals surface area (Å²) in [5, 5.41) is 0. The van der Waals surface area contributed by atoms with Crippen LogP contribution in [0.1, 0.15) is 29.2 Å². The Balaban J connectivity index is 2.45. The SMILES string of the molecule is O=Cc1ncc2n1CCCC2. The van der Waals surface area contributed by atoms with E-state index in [-0.39, 0.29) is 0 Å². The van der Waals surface area contributed by atoms with Crippen molar-refractivity contribution in [3.05, 3.63) is 17.7 Å². The van der Waals surface area contributed by atoms with Gasteiger partial charge < -0.3 is 4.57 Å². The number of carbonyl (C=O) groups is 1. The molecule has 1 aliphatic rings. The van der Waals surface area contributed by atoms with Crippen molar-refractivity contribution in [3.63, 3.8) is 0 Å². The number of fused-ring (bicyclic) bond motifs is 1. The fourth-order valence-electron chi connectivity index (χ4n) is 1.55. The molecule has 3 nitrogen and oxygen atoms in total.